The SMILES string of the molecule is Cc1ccc(Nc2nc(N)nc(COC(=O)c3cn4c(C)cccc4n3)n2)cc1. The summed E-state index contributed by atoms with van der Waals surface area (Å²) in [7, 11) is 0. The summed E-state index contributed by atoms with van der Waals surface area (Å²) in [6, 6.07) is 13.4. The summed E-state index contributed by atoms with van der Waals surface area (Å²) >= 11 is 0. The molecule has 4 aromatic rings. The van der Waals surface area contributed by atoms with Gasteiger partial charge in [-0.25, -0.2) is 9.78 Å². The zero-order valence-electron chi connectivity index (χ0n) is 16.0. The van der Waals surface area contributed by atoms with Crippen molar-refractivity contribution in [1.82, 2.24) is 24.3 Å². The number of nitrogen functional groups attached to an aromatic ring is 1. The normalized spacial score (nSPS) is 10.8. The number of aryl methyl sites for hydroxylation is 2. The van der Waals surface area contributed by atoms with Crippen LogP contribution in [0.3, 0.4) is 0 Å². The average Bonchev–Trinajstić information content (AvgIpc) is 3.13. The van der Waals surface area contributed by atoms with E-state index in [2.05, 4.69) is 25.3 Å². The number of nitrogens with zero attached hydrogens (tertiary/aromatic N) is 5. The highest BCUT2D eigenvalue weighted by Crippen LogP contribution is 2.15. The van der Waals surface area contributed by atoms with Crippen LogP contribution in [0.2, 0.25) is 0 Å². The number of hydrogen-bond acceptors (Lipinski definition) is 8. The summed E-state index contributed by atoms with van der Waals surface area (Å²) in [6.45, 7) is 3.78. The Morgan fingerprint density at radius 1 is 1.07 bits per heavy atom. The highest BCUT2D eigenvalue weighted by molar-refractivity contribution is 5.88. The zero-order chi connectivity index (χ0) is 20.4. The van der Waals surface area contributed by atoms with Gasteiger partial charge >= 0.3 is 5.97 Å². The summed E-state index contributed by atoms with van der Waals surface area (Å²) in [6.07, 6.45) is 1.64. The molecule has 1 aromatic carbocycles. The Bertz CT molecular complexity index is 1190. The number of imidazole rings is 1. The molecule has 0 bridgehead atoms. The molecule has 29 heavy (non-hydrogen) atoms. The lowest BCUT2D eigenvalue weighted by molar-refractivity contribution is 0.0456. The fourth-order valence-electron chi connectivity index (χ4n) is 2.78. The summed E-state index contributed by atoms with van der Waals surface area (Å²) in [5.41, 5.74) is 9.56. The first-order chi connectivity index (χ1) is 14.0. The number of hydrogen-bond donors (Lipinski definition) is 2. The van der Waals surface area contributed by atoms with E-state index < -0.39 is 5.97 Å². The van der Waals surface area contributed by atoms with Gasteiger partial charge in [0, 0.05) is 17.6 Å². The molecule has 146 valence electrons. The molecule has 0 saturated carbocycles. The number of carbonyl (C=O) groups excluding carboxylic acids is 1. The predicted molar refractivity (Wildman–Crippen MR) is 108 cm³/mol. The fourth-order valence-corrected chi connectivity index (χ4v) is 2.78. The highest BCUT2D eigenvalue weighted by atomic mass is 16.5. The topological polar surface area (TPSA) is 120 Å². The molecule has 0 amide bonds. The van der Waals surface area contributed by atoms with Crippen molar-refractivity contribution in [3.8, 4) is 0 Å². The summed E-state index contributed by atoms with van der Waals surface area (Å²) < 4.78 is 7.13. The molecule has 0 aliphatic carbocycles. The van der Waals surface area contributed by atoms with E-state index in [9.17, 15) is 4.79 Å². The molecule has 0 aliphatic rings. The molecule has 9 nitrogen and oxygen atoms in total. The quantitative estimate of drug-likeness (QED) is 0.500. The Kier molecular flexibility index (Phi) is 4.78. The van der Waals surface area contributed by atoms with Crippen LogP contribution in [-0.2, 0) is 11.3 Å². The van der Waals surface area contributed by atoms with Gasteiger partial charge in [0.15, 0.2) is 18.1 Å². The number of aromatic nitrogens is 5. The molecule has 4 rings (SSSR count). The van der Waals surface area contributed by atoms with Crippen molar-refractivity contribution >= 4 is 29.2 Å². The van der Waals surface area contributed by atoms with E-state index in [1.807, 2.05) is 60.7 Å². The molecular weight excluding hydrogens is 370 g/mol. The third-order valence-corrected chi connectivity index (χ3v) is 4.24. The van der Waals surface area contributed by atoms with Gasteiger partial charge in [-0.05, 0) is 38.1 Å². The van der Waals surface area contributed by atoms with Gasteiger partial charge in [-0.2, -0.15) is 15.0 Å². The van der Waals surface area contributed by atoms with Crippen molar-refractivity contribution in [2.75, 3.05) is 11.1 Å². The van der Waals surface area contributed by atoms with E-state index >= 15 is 0 Å². The van der Waals surface area contributed by atoms with Crippen molar-refractivity contribution < 1.29 is 9.53 Å². The second kappa shape index (κ2) is 7.55. The first-order valence-corrected chi connectivity index (χ1v) is 8.94. The van der Waals surface area contributed by atoms with Gasteiger partial charge in [-0.15, -0.1) is 0 Å². The van der Waals surface area contributed by atoms with Crippen LogP contribution in [0.5, 0.6) is 0 Å². The number of benzene rings is 1. The van der Waals surface area contributed by atoms with E-state index in [0.29, 0.717) is 5.65 Å². The Morgan fingerprint density at radius 2 is 1.86 bits per heavy atom. The molecule has 3 heterocycles. The van der Waals surface area contributed by atoms with Crippen molar-refractivity contribution in [1.29, 1.82) is 0 Å². The van der Waals surface area contributed by atoms with Crippen LogP contribution in [0.15, 0.2) is 48.7 Å². The van der Waals surface area contributed by atoms with Gasteiger partial charge < -0.3 is 20.2 Å². The monoisotopic (exact) mass is 389 g/mol. The van der Waals surface area contributed by atoms with Gasteiger partial charge in [-0.1, -0.05) is 23.8 Å². The molecular formula is C20H19N7O2. The van der Waals surface area contributed by atoms with Gasteiger partial charge in [0.1, 0.15) is 5.65 Å². The van der Waals surface area contributed by atoms with Crippen molar-refractivity contribution in [3.05, 3.63) is 71.4 Å². The van der Waals surface area contributed by atoms with E-state index in [1.165, 1.54) is 0 Å². The van der Waals surface area contributed by atoms with Crippen molar-refractivity contribution in [2.45, 2.75) is 20.5 Å². The average molecular weight is 389 g/mol. The summed E-state index contributed by atoms with van der Waals surface area (Å²) in [5, 5.41) is 3.06. The van der Waals surface area contributed by atoms with E-state index in [1.54, 1.807) is 6.20 Å². The second-order valence-electron chi connectivity index (χ2n) is 6.52. The smallest absolute Gasteiger partial charge is 0.359 e. The molecule has 0 atom stereocenters. The second-order valence-corrected chi connectivity index (χ2v) is 6.52. The number of pyridine rings is 1. The van der Waals surface area contributed by atoms with Crippen molar-refractivity contribution in [3.63, 3.8) is 0 Å². The number of esters is 1. The molecule has 9 heteroatoms. The fraction of sp³-hybridized carbons (Fsp3) is 0.150. The third-order valence-electron chi connectivity index (χ3n) is 4.24. The molecule has 0 spiro atoms. The van der Waals surface area contributed by atoms with E-state index in [-0.39, 0.29) is 30.0 Å². The van der Waals surface area contributed by atoms with Gasteiger partial charge in [0.2, 0.25) is 11.9 Å². The van der Waals surface area contributed by atoms with E-state index in [0.717, 1.165) is 16.9 Å². The number of carbonyl (C=O) groups is 1. The summed E-state index contributed by atoms with van der Waals surface area (Å²) in [4.78, 5) is 29.0. The van der Waals surface area contributed by atoms with Crippen LogP contribution < -0.4 is 11.1 Å². The lowest BCUT2D eigenvalue weighted by atomic mass is 10.2. The van der Waals surface area contributed by atoms with Crippen LogP contribution in [0.1, 0.15) is 27.6 Å². The Hall–Kier alpha value is -4.01. The minimum Gasteiger partial charge on any atom is -0.453 e. The molecule has 3 aromatic heterocycles. The first kappa shape index (κ1) is 18.4. The highest BCUT2D eigenvalue weighted by Gasteiger charge is 2.14. The minimum absolute atomic E-state index is 0.0315. The minimum atomic E-state index is -0.569. The number of nitrogens with two attached hydrogens (primary N) is 1. The number of ether oxygens (including phenoxy) is 1. The van der Waals surface area contributed by atoms with Crippen molar-refractivity contribution in [2.24, 2.45) is 0 Å². The zero-order valence-corrected chi connectivity index (χ0v) is 16.0. The number of fused-ring (bicyclic) bond motifs is 1. The predicted octanol–water partition coefficient (Wildman–Crippen LogP) is 2.82. The Morgan fingerprint density at radius 3 is 2.62 bits per heavy atom. The molecule has 0 unspecified atom stereocenters. The molecule has 3 N–H and O–H groups in total. The summed E-state index contributed by atoms with van der Waals surface area (Å²) in [5.74, 6) is -0.0275. The van der Waals surface area contributed by atoms with Crippen LogP contribution in [0.4, 0.5) is 17.6 Å². The maximum absolute atomic E-state index is 12.4. The Balaban J connectivity index is 1.47. The first-order valence-electron chi connectivity index (χ1n) is 8.94. The molecule has 0 saturated heterocycles. The number of anilines is 3. The molecule has 0 radical (unpaired) electrons. The van der Waals surface area contributed by atoms with Gasteiger partial charge in [-0.3, -0.25) is 0 Å². The van der Waals surface area contributed by atoms with Crippen LogP contribution >= 0.6 is 0 Å². The molecule has 0 aliphatic heterocycles. The third kappa shape index (κ3) is 4.13. The largest absolute Gasteiger partial charge is 0.453 e. The lowest BCUT2D eigenvalue weighted by Crippen LogP contribution is -2.11. The lowest BCUT2D eigenvalue weighted by Gasteiger charge is -2.08. The standard InChI is InChI=1S/C20H19N7O2/c1-12-6-8-14(9-7-12)22-20-25-16(24-19(21)26-20)11-29-18(28)15-10-27-13(2)4-3-5-17(27)23-15/h3-10H,11H2,1-2H3,(H3,21,22,24,25,26). The maximum Gasteiger partial charge on any atom is 0.359 e. The van der Waals surface area contributed by atoms with E-state index in [4.69, 9.17) is 10.5 Å². The Labute approximate surface area is 166 Å². The maximum atomic E-state index is 12.4. The van der Waals surface area contributed by atoms with Crippen LogP contribution in [0, 0.1) is 13.8 Å². The number of rotatable bonds is 5. The van der Waals surface area contributed by atoms with Gasteiger partial charge in [0.25, 0.3) is 0 Å². The van der Waals surface area contributed by atoms with Gasteiger partial charge in [0.05, 0.1) is 0 Å². The van der Waals surface area contributed by atoms with Crippen LogP contribution in [0.25, 0.3) is 5.65 Å². The van der Waals surface area contributed by atoms with Crippen LogP contribution in [-0.4, -0.2) is 30.3 Å². The molecule has 0 fully saturated rings. The number of nitrogens with one attached hydrogen (secondary N) is 1.